The zero-order valence-corrected chi connectivity index (χ0v) is 12.7. The van der Waals surface area contributed by atoms with Crippen LogP contribution in [0.4, 0.5) is 5.69 Å². The molecule has 1 N–H and O–H groups in total. The summed E-state index contributed by atoms with van der Waals surface area (Å²) in [5.41, 5.74) is 2.67. The molecule has 20 heavy (non-hydrogen) atoms. The van der Waals surface area contributed by atoms with E-state index in [1.165, 1.54) is 32.8 Å². The number of hydrogen-bond acceptors (Lipinski definition) is 3. The molecule has 1 fully saturated rings. The highest BCUT2D eigenvalue weighted by Gasteiger charge is 2.19. The standard InChI is InChI=1S/C17H25NO2/c1-12-6-4-7-14(10-12)11-18-16-9-5-8-15(13(16)2)17(19)20-3/h5,8-9,12,14,18H,4,6-7,10-11H2,1-3H3. The van der Waals surface area contributed by atoms with Crippen molar-refractivity contribution < 1.29 is 9.53 Å². The number of carbonyl (C=O) groups is 1. The third-order valence-electron chi connectivity index (χ3n) is 4.37. The van der Waals surface area contributed by atoms with Gasteiger partial charge in [-0.05, 0) is 49.3 Å². The summed E-state index contributed by atoms with van der Waals surface area (Å²) in [6.07, 6.45) is 5.33. The van der Waals surface area contributed by atoms with Crippen LogP contribution >= 0.6 is 0 Å². The Bertz CT molecular complexity index is 470. The molecule has 2 atom stereocenters. The van der Waals surface area contributed by atoms with E-state index in [1.807, 2.05) is 25.1 Å². The van der Waals surface area contributed by atoms with E-state index in [2.05, 4.69) is 12.2 Å². The second kappa shape index (κ2) is 6.78. The van der Waals surface area contributed by atoms with Gasteiger partial charge in [-0.25, -0.2) is 4.79 Å². The van der Waals surface area contributed by atoms with E-state index in [0.717, 1.165) is 29.6 Å². The van der Waals surface area contributed by atoms with Gasteiger partial charge in [0.1, 0.15) is 0 Å². The maximum atomic E-state index is 11.7. The summed E-state index contributed by atoms with van der Waals surface area (Å²) in [4.78, 5) is 11.7. The summed E-state index contributed by atoms with van der Waals surface area (Å²) in [5, 5.41) is 3.51. The van der Waals surface area contributed by atoms with E-state index in [-0.39, 0.29) is 5.97 Å². The first-order chi connectivity index (χ1) is 9.61. The van der Waals surface area contributed by atoms with Crippen LogP contribution in [-0.4, -0.2) is 19.6 Å². The zero-order chi connectivity index (χ0) is 14.5. The van der Waals surface area contributed by atoms with Crippen LogP contribution in [-0.2, 0) is 4.74 Å². The first-order valence-corrected chi connectivity index (χ1v) is 7.53. The number of anilines is 1. The molecule has 0 spiro atoms. The predicted octanol–water partition coefficient (Wildman–Crippen LogP) is 4.02. The van der Waals surface area contributed by atoms with Gasteiger partial charge in [0.15, 0.2) is 0 Å². The Labute approximate surface area is 121 Å². The number of hydrogen-bond donors (Lipinski definition) is 1. The van der Waals surface area contributed by atoms with Gasteiger partial charge < -0.3 is 10.1 Å². The summed E-state index contributed by atoms with van der Waals surface area (Å²) in [5.74, 6) is 1.33. The van der Waals surface area contributed by atoms with Crippen molar-refractivity contribution >= 4 is 11.7 Å². The van der Waals surface area contributed by atoms with E-state index in [0.29, 0.717) is 5.56 Å². The molecule has 1 aromatic rings. The average molecular weight is 275 g/mol. The fourth-order valence-electron chi connectivity index (χ4n) is 3.16. The average Bonchev–Trinajstić information content (AvgIpc) is 2.45. The number of carbonyl (C=O) groups excluding carboxylic acids is 1. The van der Waals surface area contributed by atoms with Crippen molar-refractivity contribution in [2.24, 2.45) is 11.8 Å². The fraction of sp³-hybridized carbons (Fsp3) is 0.588. The monoisotopic (exact) mass is 275 g/mol. The molecular formula is C17H25NO2. The molecule has 0 bridgehead atoms. The normalized spacial score (nSPS) is 22.4. The summed E-state index contributed by atoms with van der Waals surface area (Å²) in [7, 11) is 1.42. The highest BCUT2D eigenvalue weighted by molar-refractivity contribution is 5.92. The molecule has 2 unspecified atom stereocenters. The van der Waals surface area contributed by atoms with Crippen LogP contribution in [0, 0.1) is 18.8 Å². The van der Waals surface area contributed by atoms with Gasteiger partial charge in [-0.15, -0.1) is 0 Å². The topological polar surface area (TPSA) is 38.3 Å². The van der Waals surface area contributed by atoms with Crippen LogP contribution in [0.1, 0.15) is 48.5 Å². The molecule has 3 heteroatoms. The molecule has 0 amide bonds. The lowest BCUT2D eigenvalue weighted by Crippen LogP contribution is -2.21. The maximum Gasteiger partial charge on any atom is 0.338 e. The van der Waals surface area contributed by atoms with Crippen molar-refractivity contribution in [3.05, 3.63) is 29.3 Å². The molecule has 2 rings (SSSR count). The van der Waals surface area contributed by atoms with Gasteiger partial charge in [0, 0.05) is 12.2 Å². The van der Waals surface area contributed by atoms with Crippen LogP contribution in [0.15, 0.2) is 18.2 Å². The Kier molecular flexibility index (Phi) is 5.05. The number of benzene rings is 1. The fourth-order valence-corrected chi connectivity index (χ4v) is 3.16. The van der Waals surface area contributed by atoms with Gasteiger partial charge in [0.05, 0.1) is 12.7 Å². The summed E-state index contributed by atoms with van der Waals surface area (Å²) in [6.45, 7) is 5.31. The van der Waals surface area contributed by atoms with E-state index in [9.17, 15) is 4.79 Å². The molecular weight excluding hydrogens is 250 g/mol. The summed E-state index contributed by atoms with van der Waals surface area (Å²) < 4.78 is 4.81. The lowest BCUT2D eigenvalue weighted by atomic mass is 9.82. The van der Waals surface area contributed by atoms with Crippen LogP contribution in [0.25, 0.3) is 0 Å². The van der Waals surface area contributed by atoms with Gasteiger partial charge >= 0.3 is 5.97 Å². The van der Waals surface area contributed by atoms with Crippen LogP contribution in [0.2, 0.25) is 0 Å². The highest BCUT2D eigenvalue weighted by atomic mass is 16.5. The first-order valence-electron chi connectivity index (χ1n) is 7.53. The molecule has 0 aromatic heterocycles. The SMILES string of the molecule is COC(=O)c1cccc(NCC2CCCC(C)C2)c1C. The van der Waals surface area contributed by atoms with Gasteiger partial charge in [-0.1, -0.05) is 25.8 Å². The molecule has 1 aliphatic carbocycles. The zero-order valence-electron chi connectivity index (χ0n) is 12.7. The minimum Gasteiger partial charge on any atom is -0.465 e. The molecule has 0 aliphatic heterocycles. The van der Waals surface area contributed by atoms with E-state index in [4.69, 9.17) is 4.74 Å². The molecule has 0 saturated heterocycles. The van der Waals surface area contributed by atoms with Crippen molar-refractivity contribution in [2.45, 2.75) is 39.5 Å². The Balaban J connectivity index is 2.01. The van der Waals surface area contributed by atoms with Crippen molar-refractivity contribution in [1.82, 2.24) is 0 Å². The van der Waals surface area contributed by atoms with Crippen molar-refractivity contribution in [3.63, 3.8) is 0 Å². The van der Waals surface area contributed by atoms with E-state index in [1.54, 1.807) is 0 Å². The largest absolute Gasteiger partial charge is 0.465 e. The number of nitrogens with one attached hydrogen (secondary N) is 1. The minimum absolute atomic E-state index is 0.266. The Morgan fingerprint density at radius 2 is 2.20 bits per heavy atom. The molecule has 1 aliphatic rings. The maximum absolute atomic E-state index is 11.7. The van der Waals surface area contributed by atoms with Crippen molar-refractivity contribution in [3.8, 4) is 0 Å². The molecule has 110 valence electrons. The van der Waals surface area contributed by atoms with Gasteiger partial charge in [0.25, 0.3) is 0 Å². The molecule has 0 radical (unpaired) electrons. The van der Waals surface area contributed by atoms with Crippen molar-refractivity contribution in [1.29, 1.82) is 0 Å². The highest BCUT2D eigenvalue weighted by Crippen LogP contribution is 2.29. The lowest BCUT2D eigenvalue weighted by Gasteiger charge is -2.27. The Morgan fingerprint density at radius 1 is 1.40 bits per heavy atom. The Hall–Kier alpha value is -1.51. The second-order valence-electron chi connectivity index (χ2n) is 5.99. The third-order valence-corrected chi connectivity index (χ3v) is 4.37. The van der Waals surface area contributed by atoms with E-state index < -0.39 is 0 Å². The lowest BCUT2D eigenvalue weighted by molar-refractivity contribution is 0.0600. The van der Waals surface area contributed by atoms with Gasteiger partial charge in [-0.3, -0.25) is 0 Å². The Morgan fingerprint density at radius 3 is 2.90 bits per heavy atom. The van der Waals surface area contributed by atoms with Crippen LogP contribution < -0.4 is 5.32 Å². The number of esters is 1. The molecule has 0 heterocycles. The molecule has 1 saturated carbocycles. The molecule has 1 aromatic carbocycles. The van der Waals surface area contributed by atoms with E-state index >= 15 is 0 Å². The summed E-state index contributed by atoms with van der Waals surface area (Å²) >= 11 is 0. The number of ether oxygens (including phenoxy) is 1. The summed E-state index contributed by atoms with van der Waals surface area (Å²) in [6, 6.07) is 5.76. The first kappa shape index (κ1) is 14.9. The van der Waals surface area contributed by atoms with Crippen LogP contribution in [0.3, 0.4) is 0 Å². The molecule has 3 nitrogen and oxygen atoms in total. The predicted molar refractivity (Wildman–Crippen MR) is 82.1 cm³/mol. The third kappa shape index (κ3) is 3.53. The van der Waals surface area contributed by atoms with Gasteiger partial charge in [0.2, 0.25) is 0 Å². The smallest absolute Gasteiger partial charge is 0.338 e. The second-order valence-corrected chi connectivity index (χ2v) is 5.99. The van der Waals surface area contributed by atoms with Crippen molar-refractivity contribution in [2.75, 3.05) is 19.0 Å². The number of methoxy groups -OCH3 is 1. The minimum atomic E-state index is -0.266. The quantitative estimate of drug-likeness (QED) is 0.843. The van der Waals surface area contributed by atoms with Crippen LogP contribution in [0.5, 0.6) is 0 Å². The van der Waals surface area contributed by atoms with Gasteiger partial charge in [-0.2, -0.15) is 0 Å². The number of rotatable bonds is 4.